The van der Waals surface area contributed by atoms with Gasteiger partial charge in [0.2, 0.25) is 0 Å². The first kappa shape index (κ1) is 40.9. The van der Waals surface area contributed by atoms with E-state index in [1.165, 1.54) is 66.8 Å². The van der Waals surface area contributed by atoms with Crippen LogP contribution in [0.25, 0.3) is 34.4 Å². The van der Waals surface area contributed by atoms with Gasteiger partial charge in [-0.05, 0) is 0 Å². The molecule has 2 unspecified atom stereocenters. The van der Waals surface area contributed by atoms with Crippen LogP contribution in [0.15, 0.2) is 96.1 Å². The number of nitrogens with zero attached hydrogens (tertiary/aromatic N) is 1. The molecule has 0 fully saturated rings. The average Bonchev–Trinajstić information content (AvgIpc) is 3.65. The van der Waals surface area contributed by atoms with E-state index in [9.17, 15) is 17.0 Å². The van der Waals surface area contributed by atoms with Crippen LogP contribution < -0.4 is 0 Å². The van der Waals surface area contributed by atoms with E-state index in [2.05, 4.69) is 196 Å². The number of hydrogen-bond acceptors (Lipinski definition) is 1. The Kier molecular flexibility index (Phi) is 10.6. The summed E-state index contributed by atoms with van der Waals surface area (Å²) in [5.41, 5.74) is 15.5. The molecule has 0 aromatic heterocycles. The summed E-state index contributed by atoms with van der Waals surface area (Å²) in [5, 5.41) is 0. The second kappa shape index (κ2) is 13.7. The monoisotopic (exact) mass is 854 g/mol. The van der Waals surface area contributed by atoms with Crippen LogP contribution in [-0.2, 0) is 16.2 Å². The molecule has 4 aromatic carbocycles. The SMILES string of the molecule is Cc1ccccc1-c1cccc2c1C=C(C(C)(C)C)[CH]2[Zr]([Cl])([Cl])([BH]N([Si](C)(C)C)[Si](C)(C)C)[CH]1C(C(C)(C)C)=Cc2c(-c3ccccc3C)cccc21. The molecule has 0 radical (unpaired) electrons. The van der Waals surface area contributed by atoms with E-state index in [0.29, 0.717) is 0 Å². The van der Waals surface area contributed by atoms with E-state index in [0.717, 1.165) is 4.95 Å². The molecular weight excluding hydrogens is 796 g/mol. The summed E-state index contributed by atoms with van der Waals surface area (Å²) in [6.07, 6.45) is 5.04. The fourth-order valence-corrected chi connectivity index (χ4v) is 52.3. The number of aryl methyl sites for hydroxylation is 2. The first-order chi connectivity index (χ1) is 24.3. The van der Waals surface area contributed by atoms with Crippen molar-refractivity contribution >= 4 is 50.6 Å². The van der Waals surface area contributed by atoms with Crippen molar-refractivity contribution in [2.45, 2.75) is 102 Å². The molecule has 0 N–H and O–H groups in total. The molecule has 0 saturated carbocycles. The summed E-state index contributed by atoms with van der Waals surface area (Å²) in [6, 6.07) is 31.5. The molecule has 279 valence electrons. The van der Waals surface area contributed by atoms with Gasteiger partial charge in [-0.15, -0.1) is 0 Å². The molecule has 7 heteroatoms. The quantitative estimate of drug-likeness (QED) is 0.160. The van der Waals surface area contributed by atoms with Gasteiger partial charge in [-0.3, -0.25) is 0 Å². The Balaban J connectivity index is 1.75. The molecule has 53 heavy (non-hydrogen) atoms. The summed E-state index contributed by atoms with van der Waals surface area (Å²) >= 11 is -5.42. The van der Waals surface area contributed by atoms with Gasteiger partial charge in [0.1, 0.15) is 0 Å². The molecule has 2 aliphatic carbocycles. The summed E-state index contributed by atoms with van der Waals surface area (Å²) in [6.45, 7) is 33.8. The van der Waals surface area contributed by atoms with Crippen molar-refractivity contribution in [2.75, 3.05) is 0 Å². The summed E-state index contributed by atoms with van der Waals surface area (Å²) < 4.78 is 2.81. The van der Waals surface area contributed by atoms with Gasteiger partial charge < -0.3 is 0 Å². The molecule has 0 heterocycles. The van der Waals surface area contributed by atoms with Crippen molar-refractivity contribution < 1.29 is 16.2 Å². The van der Waals surface area contributed by atoms with Crippen LogP contribution in [0.5, 0.6) is 0 Å². The molecular formula is C46H61BCl2NSi2Zr. The molecule has 2 aliphatic rings. The zero-order chi connectivity index (χ0) is 39.1. The van der Waals surface area contributed by atoms with Crippen molar-refractivity contribution in [3.8, 4) is 22.3 Å². The van der Waals surface area contributed by atoms with Crippen LogP contribution in [-0.4, -0.2) is 25.6 Å². The topological polar surface area (TPSA) is 3.24 Å². The number of halogens is 2. The molecule has 4 aromatic rings. The Labute approximate surface area is 332 Å². The maximum atomic E-state index is 9.23. The average molecular weight is 857 g/mol. The van der Waals surface area contributed by atoms with Gasteiger partial charge in [-0.25, -0.2) is 0 Å². The minimum absolute atomic E-state index is 0.0576. The third-order valence-electron chi connectivity index (χ3n) is 12.0. The number of fused-ring (bicyclic) bond motifs is 2. The molecule has 1 nitrogen and oxygen atoms in total. The Hall–Kier alpha value is -1.72. The zero-order valence-electron chi connectivity index (χ0n) is 34.8. The number of allylic oxidation sites excluding steroid dienone is 2. The van der Waals surface area contributed by atoms with Gasteiger partial charge in [0.25, 0.3) is 0 Å². The zero-order valence-corrected chi connectivity index (χ0v) is 40.8. The standard InChI is InChI=1S/2C20H21.C6H19BNSi2.2ClH.Zr/c2*1-14-8-5-6-10-17(14)18-11-7-9-15-12-16(13-19(15)18)20(2,3)4;1-9(2,3)8(7)10(4,5)6;;;/h2*5-13H,1-4H3;7H,1-6H3;2*1H;/q;;+1;;;+1/p-2. The summed E-state index contributed by atoms with van der Waals surface area (Å²) in [5.74, 6) is 0. The van der Waals surface area contributed by atoms with E-state index in [1.54, 1.807) is 0 Å². The van der Waals surface area contributed by atoms with Crippen molar-refractivity contribution in [3.63, 3.8) is 0 Å². The first-order valence-corrected chi connectivity index (χ1v) is 37.3. The molecule has 2 atom stereocenters. The molecule has 0 amide bonds. The van der Waals surface area contributed by atoms with Gasteiger partial charge in [0.05, 0.1) is 0 Å². The molecule has 6 rings (SSSR count). The normalized spacial score (nSPS) is 18.6. The van der Waals surface area contributed by atoms with Crippen LogP contribution >= 0.6 is 17.0 Å². The van der Waals surface area contributed by atoms with Crippen molar-refractivity contribution in [1.82, 2.24) is 4.14 Å². The third kappa shape index (κ3) is 7.35. The Bertz CT molecular complexity index is 2000. The fraction of sp³-hybridized carbons (Fsp3) is 0.391. The fourth-order valence-electron chi connectivity index (χ4n) is 9.72. The molecule has 0 spiro atoms. The van der Waals surface area contributed by atoms with E-state index >= 15 is 0 Å². The second-order valence-corrected chi connectivity index (χ2v) is 52.3. The van der Waals surface area contributed by atoms with E-state index in [1.807, 2.05) is 0 Å². The third-order valence-corrected chi connectivity index (χ3v) is 38.8. The van der Waals surface area contributed by atoms with Gasteiger partial charge in [-0.2, -0.15) is 0 Å². The Morgan fingerprint density at radius 1 is 0.528 bits per heavy atom. The van der Waals surface area contributed by atoms with E-state index < -0.39 is 32.6 Å². The predicted octanol–water partition coefficient (Wildman–Crippen LogP) is 14.5. The van der Waals surface area contributed by atoms with Crippen molar-refractivity contribution in [3.05, 3.63) is 129 Å². The molecule has 0 saturated heterocycles. The van der Waals surface area contributed by atoms with Crippen LogP contribution in [0, 0.1) is 24.7 Å². The van der Waals surface area contributed by atoms with Gasteiger partial charge in [0, 0.05) is 0 Å². The predicted molar refractivity (Wildman–Crippen MR) is 241 cm³/mol. The number of hydrogen-bond donors (Lipinski definition) is 0. The Morgan fingerprint density at radius 3 is 1.19 bits per heavy atom. The summed E-state index contributed by atoms with van der Waals surface area (Å²) in [4.78, 5) is 0.786. The Morgan fingerprint density at radius 2 is 0.868 bits per heavy atom. The van der Waals surface area contributed by atoms with Crippen LogP contribution in [0.2, 0.25) is 39.3 Å². The van der Waals surface area contributed by atoms with E-state index in [4.69, 9.17) is 0 Å². The second-order valence-electron chi connectivity index (χ2n) is 20.1. The van der Waals surface area contributed by atoms with Crippen LogP contribution in [0.1, 0.15) is 82.2 Å². The molecule has 0 aliphatic heterocycles. The van der Waals surface area contributed by atoms with Gasteiger partial charge in [0.15, 0.2) is 0 Å². The van der Waals surface area contributed by atoms with Crippen LogP contribution in [0.3, 0.4) is 0 Å². The van der Waals surface area contributed by atoms with Gasteiger partial charge in [-0.1, -0.05) is 0 Å². The van der Waals surface area contributed by atoms with E-state index in [-0.39, 0.29) is 18.1 Å². The van der Waals surface area contributed by atoms with Crippen molar-refractivity contribution in [2.24, 2.45) is 10.8 Å². The first-order valence-electron chi connectivity index (χ1n) is 19.5. The number of rotatable bonds is 8. The minimum atomic E-state index is -5.42. The summed E-state index contributed by atoms with van der Waals surface area (Å²) in [7, 11) is 14.6. The van der Waals surface area contributed by atoms with Gasteiger partial charge >= 0.3 is 335 Å². The maximum absolute atomic E-state index is 9.23. The number of benzene rings is 4. The van der Waals surface area contributed by atoms with Crippen LogP contribution in [0.4, 0.5) is 0 Å². The van der Waals surface area contributed by atoms with Crippen molar-refractivity contribution in [1.29, 1.82) is 0 Å². The molecule has 0 bridgehead atoms.